The summed E-state index contributed by atoms with van der Waals surface area (Å²) in [5.74, 6) is -1.81. The number of esters is 1. The maximum atomic E-state index is 15.2. The summed E-state index contributed by atoms with van der Waals surface area (Å²) < 4.78 is 123. The van der Waals surface area contributed by atoms with Gasteiger partial charge in [-0.25, -0.2) is 9.59 Å². The van der Waals surface area contributed by atoms with E-state index in [0.29, 0.717) is 32.9 Å². The number of hydrogen-bond donors (Lipinski definition) is 2. The predicted molar refractivity (Wildman–Crippen MR) is 273 cm³/mol. The van der Waals surface area contributed by atoms with Crippen molar-refractivity contribution >= 4 is 43.9 Å². The number of carbonyl (C=O) groups is 2. The van der Waals surface area contributed by atoms with Gasteiger partial charge in [0.05, 0.1) is 107 Å². The molecule has 3 aromatic carbocycles. The molecule has 1 aromatic heterocycles. The molecule has 0 fully saturated rings. The molecule has 23 heteroatoms. The fourth-order valence-corrected chi connectivity index (χ4v) is 8.72. The molecule has 420 valence electrons. The lowest BCUT2D eigenvalue weighted by molar-refractivity contribution is -0.645. The van der Waals surface area contributed by atoms with Crippen LogP contribution in [-0.2, 0) is 73.5 Å². The molecule has 75 heavy (non-hydrogen) atoms. The SMILES string of the molecule is COCC(COC)OCC(COC(COC)COC)Oc1ccc2c(c1)c(C(=O)Oc1c(C)cc(C(=O)O)cc1C)c1cc(OC(COC(COC)COC)COC(COC)COC)ccc1[n+]2CCCS(=O)(=O)O. The quantitative estimate of drug-likeness (QED) is 0.0208. The standard InChI is InChI=1S/C52H75NO21S/c1-34-18-36(51(54)55)19-35(2)50(34)74-52(56)49-45-20-37(72-43(30-68-39(22-60-3)23-61-4)31-69-40(24-62-5)25-63-6)12-14-47(45)53(16-11-17-75(57,58)59)48-15-13-38(21-46(48)49)73-44(32-70-41(26-64-7)27-65-8)33-71-42(28-66-9)29-67-10/h12-15,18-21,39-44H,11,16-17,22-33H2,1-10H3,(H-,54,55,57,58,59)/p+1. The first-order valence-electron chi connectivity index (χ1n) is 24.2. The number of pyridine rings is 1. The maximum absolute atomic E-state index is 15.2. The molecule has 0 aliphatic carbocycles. The molecule has 0 saturated carbocycles. The molecule has 4 aromatic rings. The number of hydrogen-bond acceptors (Lipinski definition) is 19. The van der Waals surface area contributed by atoms with Crippen LogP contribution in [0.1, 0.15) is 38.3 Å². The molecule has 1 heterocycles. The first-order valence-corrected chi connectivity index (χ1v) is 25.8. The van der Waals surface area contributed by atoms with E-state index in [1.807, 2.05) is 4.57 Å². The van der Waals surface area contributed by atoms with Crippen LogP contribution in [0, 0.1) is 13.8 Å². The van der Waals surface area contributed by atoms with Crippen LogP contribution >= 0.6 is 0 Å². The summed E-state index contributed by atoms with van der Waals surface area (Å²) in [6.07, 6.45) is -3.34. The Morgan fingerprint density at radius 2 is 0.867 bits per heavy atom. The molecule has 0 aliphatic rings. The average molecular weight is 1080 g/mol. The van der Waals surface area contributed by atoms with Crippen molar-refractivity contribution in [3.05, 3.63) is 70.8 Å². The summed E-state index contributed by atoms with van der Waals surface area (Å²) in [5.41, 5.74) is 1.79. The lowest BCUT2D eigenvalue weighted by Crippen LogP contribution is -2.38. The minimum absolute atomic E-state index is 0.0120. The smallest absolute Gasteiger partial charge is 0.345 e. The Labute approximate surface area is 439 Å². The van der Waals surface area contributed by atoms with Crippen molar-refractivity contribution in [1.82, 2.24) is 0 Å². The highest BCUT2D eigenvalue weighted by Gasteiger charge is 2.30. The van der Waals surface area contributed by atoms with Gasteiger partial charge in [-0.2, -0.15) is 13.0 Å². The minimum atomic E-state index is -4.37. The van der Waals surface area contributed by atoms with Gasteiger partial charge >= 0.3 is 11.9 Å². The Hall–Kier alpha value is -4.70. The highest BCUT2D eigenvalue weighted by molar-refractivity contribution is 7.85. The van der Waals surface area contributed by atoms with Crippen molar-refractivity contribution in [2.24, 2.45) is 0 Å². The van der Waals surface area contributed by atoms with Crippen molar-refractivity contribution in [2.45, 2.75) is 63.4 Å². The zero-order valence-corrected chi connectivity index (χ0v) is 45.5. The molecule has 0 bridgehead atoms. The number of carboxylic acids is 1. The summed E-state index contributed by atoms with van der Waals surface area (Å²) in [6, 6.07) is 13.0. The van der Waals surface area contributed by atoms with Crippen LogP contribution < -0.4 is 18.8 Å². The second kappa shape index (κ2) is 32.8. The molecule has 0 saturated heterocycles. The first kappa shape index (κ1) is 62.8. The summed E-state index contributed by atoms with van der Waals surface area (Å²) in [4.78, 5) is 27.2. The van der Waals surface area contributed by atoms with Gasteiger partial charge in [0.15, 0.2) is 6.54 Å². The summed E-state index contributed by atoms with van der Waals surface area (Å²) in [7, 11) is 8.04. The number of nitrogens with zero attached hydrogens (tertiary/aromatic N) is 1. The van der Waals surface area contributed by atoms with E-state index in [2.05, 4.69) is 0 Å². The van der Waals surface area contributed by atoms with Gasteiger partial charge in [-0.1, -0.05) is 0 Å². The van der Waals surface area contributed by atoms with Gasteiger partial charge in [-0.15, -0.1) is 0 Å². The van der Waals surface area contributed by atoms with E-state index in [9.17, 15) is 22.9 Å². The third-order valence-electron chi connectivity index (χ3n) is 11.4. The van der Waals surface area contributed by atoms with Crippen LogP contribution in [0.15, 0.2) is 48.5 Å². The van der Waals surface area contributed by atoms with E-state index in [-0.39, 0.29) is 121 Å². The third-order valence-corrected chi connectivity index (χ3v) is 12.2. The molecule has 0 spiro atoms. The number of fused-ring (bicyclic) bond motifs is 2. The van der Waals surface area contributed by atoms with Crippen molar-refractivity contribution in [1.29, 1.82) is 0 Å². The van der Waals surface area contributed by atoms with Crippen LogP contribution in [0.2, 0.25) is 0 Å². The molecule has 4 rings (SSSR count). The third kappa shape index (κ3) is 20.3. The fourth-order valence-electron chi connectivity index (χ4n) is 8.22. The number of ether oxygens (including phenoxy) is 15. The average Bonchev–Trinajstić information content (AvgIpc) is 3.36. The van der Waals surface area contributed by atoms with Crippen molar-refractivity contribution in [2.75, 3.05) is 142 Å². The van der Waals surface area contributed by atoms with Gasteiger partial charge in [0.25, 0.3) is 10.1 Å². The normalized spacial score (nSPS) is 12.2. The lowest BCUT2D eigenvalue weighted by Gasteiger charge is -2.25. The number of aromatic nitrogens is 1. The summed E-state index contributed by atoms with van der Waals surface area (Å²) in [5, 5.41) is 10.4. The second-order valence-corrected chi connectivity index (χ2v) is 19.2. The molecule has 0 amide bonds. The van der Waals surface area contributed by atoms with E-state index >= 15 is 4.79 Å². The van der Waals surface area contributed by atoms with Crippen LogP contribution in [0.5, 0.6) is 17.2 Å². The van der Waals surface area contributed by atoms with E-state index < -0.39 is 64.4 Å². The molecule has 0 unspecified atom stereocenters. The number of aryl methyl sites for hydroxylation is 3. The Balaban J connectivity index is 2.00. The van der Waals surface area contributed by atoms with Crippen LogP contribution in [-0.4, -0.2) is 209 Å². The lowest BCUT2D eigenvalue weighted by atomic mass is 10.0. The van der Waals surface area contributed by atoms with Gasteiger partial charge in [-0.3, -0.25) is 4.55 Å². The fraction of sp³-hybridized carbons (Fsp3) is 0.596. The first-order chi connectivity index (χ1) is 36.0. The summed E-state index contributed by atoms with van der Waals surface area (Å²) in [6.45, 7) is 5.27. The van der Waals surface area contributed by atoms with Gasteiger partial charge in [0.2, 0.25) is 11.0 Å². The molecular weight excluding hydrogens is 1010 g/mol. The van der Waals surface area contributed by atoms with Gasteiger partial charge in [0.1, 0.15) is 53.9 Å². The Morgan fingerprint density at radius 3 is 1.17 bits per heavy atom. The highest BCUT2D eigenvalue weighted by atomic mass is 32.2. The molecule has 0 atom stereocenters. The van der Waals surface area contributed by atoms with Crippen LogP contribution in [0.25, 0.3) is 21.8 Å². The van der Waals surface area contributed by atoms with Crippen molar-refractivity contribution < 1.29 is 103 Å². The van der Waals surface area contributed by atoms with Crippen molar-refractivity contribution in [3.8, 4) is 17.2 Å². The summed E-state index contributed by atoms with van der Waals surface area (Å²) >= 11 is 0. The van der Waals surface area contributed by atoms with E-state index in [1.54, 1.807) is 107 Å². The second-order valence-electron chi connectivity index (χ2n) is 17.6. The molecule has 2 N–H and O–H groups in total. The maximum Gasteiger partial charge on any atom is 0.345 e. The largest absolute Gasteiger partial charge is 0.486 e. The Morgan fingerprint density at radius 1 is 0.520 bits per heavy atom. The van der Waals surface area contributed by atoms with Crippen molar-refractivity contribution in [3.63, 3.8) is 0 Å². The van der Waals surface area contributed by atoms with Crippen LogP contribution in [0.4, 0.5) is 0 Å². The van der Waals surface area contributed by atoms with Gasteiger partial charge in [0, 0.05) is 75.4 Å². The number of benzene rings is 3. The zero-order chi connectivity index (χ0) is 54.9. The number of carbonyl (C=O) groups excluding carboxylic acids is 1. The number of carboxylic acid groups (broad SMARTS) is 1. The number of methoxy groups -OCH3 is 8. The van der Waals surface area contributed by atoms with Crippen LogP contribution in [0.3, 0.4) is 0 Å². The zero-order valence-electron chi connectivity index (χ0n) is 44.7. The van der Waals surface area contributed by atoms with Gasteiger partial charge < -0.3 is 76.2 Å². The minimum Gasteiger partial charge on any atom is -0.486 e. The Bertz CT molecular complexity index is 2300. The van der Waals surface area contributed by atoms with E-state index in [4.69, 9.17) is 71.1 Å². The predicted octanol–water partition coefficient (Wildman–Crippen LogP) is 4.30. The molecule has 22 nitrogen and oxygen atoms in total. The Kier molecular flexibility index (Phi) is 27.5. The topological polar surface area (TPSA) is 251 Å². The monoisotopic (exact) mass is 1080 g/mol. The number of aromatic carboxylic acids is 1. The molecular formula is C52H76NO21S+. The van der Waals surface area contributed by atoms with E-state index in [1.165, 1.54) is 12.1 Å². The van der Waals surface area contributed by atoms with Gasteiger partial charge in [-0.05, 0) is 61.4 Å². The molecule has 0 radical (unpaired) electrons. The molecule has 0 aliphatic heterocycles. The number of rotatable bonds is 39. The van der Waals surface area contributed by atoms with E-state index in [0.717, 1.165) is 0 Å². The highest BCUT2D eigenvalue weighted by Crippen LogP contribution is 2.34.